The number of hydrogen-bond donors (Lipinski definition) is 2. The smallest absolute Gasteiger partial charge is 0.269 e. The van der Waals surface area contributed by atoms with E-state index in [1.807, 2.05) is 24.3 Å². The molecule has 6 rings (SSSR count). The average Bonchev–Trinajstić information content (AvgIpc) is 3.16. The van der Waals surface area contributed by atoms with Crippen molar-refractivity contribution in [2.24, 2.45) is 5.92 Å². The van der Waals surface area contributed by atoms with E-state index in [-0.39, 0.29) is 30.3 Å². The van der Waals surface area contributed by atoms with Gasteiger partial charge in [-0.1, -0.05) is 55.5 Å². The van der Waals surface area contributed by atoms with Gasteiger partial charge in [0.15, 0.2) is 11.4 Å². The summed E-state index contributed by atoms with van der Waals surface area (Å²) in [6, 6.07) is 25.5. The molecule has 2 heterocycles. The third-order valence-corrected chi connectivity index (χ3v) is 8.02. The number of non-ortho nitro benzene ring substituents is 1. The van der Waals surface area contributed by atoms with Crippen LogP contribution >= 0.6 is 0 Å². The van der Waals surface area contributed by atoms with Crippen LogP contribution in [0.2, 0.25) is 0 Å². The number of ether oxygens (including phenoxy) is 1. The SMILES string of the molecule is C[C@@H](/C=C/CCO)[C@]1(O)C(=O)N(Cc2ccc(N3C(=O)c4ccccc4Oc4ccccc43)cc2)c2ccc([N+](=O)[O-])cc21. The second kappa shape index (κ2) is 11.4. The Balaban J connectivity index is 1.34. The highest BCUT2D eigenvalue weighted by atomic mass is 16.6. The van der Waals surface area contributed by atoms with Gasteiger partial charge < -0.3 is 19.8 Å². The van der Waals surface area contributed by atoms with Gasteiger partial charge in [0.05, 0.1) is 28.4 Å². The van der Waals surface area contributed by atoms with Crippen LogP contribution in [0.15, 0.2) is 103 Å². The zero-order chi connectivity index (χ0) is 31.0. The van der Waals surface area contributed by atoms with E-state index in [0.717, 1.165) is 0 Å². The number of amides is 2. The first kappa shape index (κ1) is 28.8. The minimum Gasteiger partial charge on any atom is -0.454 e. The second-order valence-electron chi connectivity index (χ2n) is 10.7. The van der Waals surface area contributed by atoms with Gasteiger partial charge in [-0.15, -0.1) is 0 Å². The van der Waals surface area contributed by atoms with Crippen molar-refractivity contribution in [2.45, 2.75) is 25.5 Å². The van der Waals surface area contributed by atoms with Gasteiger partial charge in [-0.3, -0.25) is 24.6 Å². The van der Waals surface area contributed by atoms with Gasteiger partial charge in [0.25, 0.3) is 17.5 Å². The number of para-hydroxylation sites is 3. The zero-order valence-corrected chi connectivity index (χ0v) is 23.8. The second-order valence-corrected chi connectivity index (χ2v) is 10.7. The average molecular weight is 592 g/mol. The number of rotatable bonds is 8. The van der Waals surface area contributed by atoms with Crippen molar-refractivity contribution in [1.29, 1.82) is 0 Å². The van der Waals surface area contributed by atoms with Crippen molar-refractivity contribution < 1.29 is 29.5 Å². The van der Waals surface area contributed by atoms with Gasteiger partial charge in [0.2, 0.25) is 0 Å². The predicted molar refractivity (Wildman–Crippen MR) is 164 cm³/mol. The summed E-state index contributed by atoms with van der Waals surface area (Å²) in [5.41, 5.74) is 0.562. The summed E-state index contributed by atoms with van der Waals surface area (Å²) in [5.74, 6) is -0.595. The van der Waals surface area contributed by atoms with Gasteiger partial charge in [-0.05, 0) is 54.4 Å². The van der Waals surface area contributed by atoms with Crippen LogP contribution in [-0.4, -0.2) is 33.6 Å². The van der Waals surface area contributed by atoms with Crippen LogP contribution in [0.4, 0.5) is 22.7 Å². The molecule has 2 aliphatic heterocycles. The first-order valence-electron chi connectivity index (χ1n) is 14.1. The Hall–Kier alpha value is -5.32. The molecule has 0 bridgehead atoms. The van der Waals surface area contributed by atoms with E-state index in [0.29, 0.717) is 46.1 Å². The quantitative estimate of drug-likeness (QED) is 0.146. The highest BCUT2D eigenvalue weighted by Crippen LogP contribution is 2.47. The van der Waals surface area contributed by atoms with Crippen molar-refractivity contribution in [1.82, 2.24) is 0 Å². The number of hydrogen-bond acceptors (Lipinski definition) is 7. The summed E-state index contributed by atoms with van der Waals surface area (Å²) < 4.78 is 6.09. The molecule has 0 saturated carbocycles. The summed E-state index contributed by atoms with van der Waals surface area (Å²) in [4.78, 5) is 41.6. The Morgan fingerprint density at radius 1 is 0.955 bits per heavy atom. The maximum Gasteiger partial charge on any atom is 0.269 e. The van der Waals surface area contributed by atoms with Crippen molar-refractivity contribution in [3.8, 4) is 11.5 Å². The third kappa shape index (κ3) is 4.80. The van der Waals surface area contributed by atoms with Crippen LogP contribution in [0.5, 0.6) is 11.5 Å². The predicted octanol–water partition coefficient (Wildman–Crippen LogP) is 5.99. The molecule has 0 saturated heterocycles. The van der Waals surface area contributed by atoms with Crippen LogP contribution in [0.1, 0.15) is 34.8 Å². The molecule has 222 valence electrons. The molecular weight excluding hydrogens is 562 g/mol. The lowest BCUT2D eigenvalue weighted by Crippen LogP contribution is -2.44. The Labute approximate surface area is 253 Å². The summed E-state index contributed by atoms with van der Waals surface area (Å²) in [5, 5.41) is 32.5. The lowest BCUT2D eigenvalue weighted by Gasteiger charge is -2.27. The van der Waals surface area contributed by atoms with E-state index in [2.05, 4.69) is 0 Å². The normalized spacial score (nSPS) is 18.0. The largest absolute Gasteiger partial charge is 0.454 e. The molecule has 0 fully saturated rings. The van der Waals surface area contributed by atoms with E-state index in [9.17, 15) is 24.8 Å². The molecule has 4 aromatic rings. The summed E-state index contributed by atoms with van der Waals surface area (Å²) in [6.07, 6.45) is 3.64. The van der Waals surface area contributed by atoms with Gasteiger partial charge in [0, 0.05) is 35.9 Å². The minimum absolute atomic E-state index is 0.0792. The molecule has 10 heteroatoms. The third-order valence-electron chi connectivity index (χ3n) is 8.02. The monoisotopic (exact) mass is 591 g/mol. The van der Waals surface area contributed by atoms with Crippen LogP contribution in [0.25, 0.3) is 0 Å². The molecule has 10 nitrogen and oxygen atoms in total. The van der Waals surface area contributed by atoms with Crippen LogP contribution in [0, 0.1) is 16.0 Å². The lowest BCUT2D eigenvalue weighted by molar-refractivity contribution is -0.385. The minimum atomic E-state index is -2.04. The maximum absolute atomic E-state index is 13.8. The van der Waals surface area contributed by atoms with Crippen molar-refractivity contribution in [3.05, 3.63) is 130 Å². The summed E-state index contributed by atoms with van der Waals surface area (Å²) in [6.45, 7) is 1.65. The maximum atomic E-state index is 13.8. The molecule has 2 aliphatic rings. The number of nitrogens with zero attached hydrogens (tertiary/aromatic N) is 3. The Kier molecular flexibility index (Phi) is 7.46. The van der Waals surface area contributed by atoms with Gasteiger partial charge >= 0.3 is 0 Å². The van der Waals surface area contributed by atoms with Crippen molar-refractivity contribution in [2.75, 3.05) is 16.4 Å². The van der Waals surface area contributed by atoms with Crippen LogP contribution in [0.3, 0.4) is 0 Å². The number of aliphatic hydroxyl groups is 2. The topological polar surface area (TPSA) is 133 Å². The van der Waals surface area contributed by atoms with E-state index in [1.54, 1.807) is 72.5 Å². The first-order chi connectivity index (χ1) is 21.2. The Morgan fingerprint density at radius 3 is 2.39 bits per heavy atom. The number of anilines is 3. The number of aliphatic hydroxyl groups excluding tert-OH is 1. The van der Waals surface area contributed by atoms with Crippen LogP contribution < -0.4 is 14.5 Å². The molecule has 0 unspecified atom stereocenters. The molecule has 0 spiro atoms. The van der Waals surface area contributed by atoms with Crippen molar-refractivity contribution in [3.63, 3.8) is 0 Å². The summed E-state index contributed by atoms with van der Waals surface area (Å²) >= 11 is 0. The Bertz CT molecular complexity index is 1800. The first-order valence-corrected chi connectivity index (χ1v) is 14.1. The fourth-order valence-electron chi connectivity index (χ4n) is 5.72. The summed E-state index contributed by atoms with van der Waals surface area (Å²) in [7, 11) is 0. The number of nitro groups is 1. The number of benzene rings is 4. The molecular formula is C34H29N3O7. The number of fused-ring (bicyclic) bond motifs is 3. The van der Waals surface area contributed by atoms with Gasteiger partial charge in [0.1, 0.15) is 5.75 Å². The van der Waals surface area contributed by atoms with E-state index >= 15 is 0 Å². The zero-order valence-electron chi connectivity index (χ0n) is 23.8. The number of carbonyl (C=O) groups excluding carboxylic acids is 2. The van der Waals surface area contributed by atoms with E-state index in [1.165, 1.54) is 23.1 Å². The van der Waals surface area contributed by atoms with Gasteiger partial charge in [-0.25, -0.2) is 0 Å². The molecule has 2 atom stereocenters. The molecule has 4 aromatic carbocycles. The fraction of sp³-hybridized carbons (Fsp3) is 0.176. The molecule has 2 amide bonds. The van der Waals surface area contributed by atoms with E-state index in [4.69, 9.17) is 9.84 Å². The fourth-order valence-corrected chi connectivity index (χ4v) is 5.72. The number of nitro benzene ring substituents is 1. The highest BCUT2D eigenvalue weighted by Gasteiger charge is 2.53. The highest BCUT2D eigenvalue weighted by molar-refractivity contribution is 6.14. The molecule has 0 radical (unpaired) electrons. The lowest BCUT2D eigenvalue weighted by atomic mass is 9.82. The van der Waals surface area contributed by atoms with Crippen molar-refractivity contribution >= 4 is 34.6 Å². The standard InChI is InChI=1S/C34H29N3O7/c1-22(8-6-7-19-38)34(41)27-20-25(37(42)43)17-18-28(27)35(33(34)40)21-23-13-15-24(16-14-23)36-29-10-3-5-12-31(29)44-30-11-4-2-9-26(30)32(36)39/h2-6,8-18,20,22,38,41H,7,19,21H2,1H3/b8-6+/t22-,34+/m0/s1. The molecule has 2 N–H and O–H groups in total. The number of carbonyl (C=O) groups is 2. The molecule has 0 aliphatic carbocycles. The van der Waals surface area contributed by atoms with Gasteiger partial charge in [-0.2, -0.15) is 0 Å². The van der Waals surface area contributed by atoms with Crippen LogP contribution in [-0.2, 0) is 16.9 Å². The molecule has 44 heavy (non-hydrogen) atoms. The van der Waals surface area contributed by atoms with E-state index < -0.39 is 22.3 Å². The Morgan fingerprint density at radius 2 is 1.66 bits per heavy atom. The molecule has 0 aromatic heterocycles.